The number of fused-ring (bicyclic) bond motifs is 1. The van der Waals surface area contributed by atoms with Crippen molar-refractivity contribution in [3.63, 3.8) is 0 Å². The molecule has 0 saturated heterocycles. The monoisotopic (exact) mass is 230 g/mol. The molecule has 3 rings (SSSR count). The molecule has 0 unspecified atom stereocenters. The maximum atomic E-state index is 4.36. The van der Waals surface area contributed by atoms with Crippen molar-refractivity contribution in [2.45, 2.75) is 19.4 Å². The fourth-order valence-electron chi connectivity index (χ4n) is 2.29. The molecule has 0 N–H and O–H groups in total. The lowest BCUT2D eigenvalue weighted by molar-refractivity contribution is 0.685. The number of hydrogen-bond acceptors (Lipinski definition) is 3. The molecular weight excluding hydrogens is 216 g/mol. The van der Waals surface area contributed by atoms with Crippen molar-refractivity contribution in [2.75, 3.05) is 11.4 Å². The van der Waals surface area contributed by atoms with Gasteiger partial charge < -0.3 is 4.90 Å². The number of rotatable bonds is 2. The third-order valence-electron chi connectivity index (χ3n) is 3.04. The highest BCUT2D eigenvalue weighted by atomic mass is 32.1. The van der Waals surface area contributed by atoms with Gasteiger partial charge in [0, 0.05) is 17.6 Å². The van der Waals surface area contributed by atoms with Crippen molar-refractivity contribution in [2.24, 2.45) is 0 Å². The quantitative estimate of drug-likeness (QED) is 0.788. The lowest BCUT2D eigenvalue weighted by Crippen LogP contribution is -2.28. The Hall–Kier alpha value is -1.35. The van der Waals surface area contributed by atoms with Gasteiger partial charge in [-0.25, -0.2) is 4.98 Å². The third-order valence-corrected chi connectivity index (χ3v) is 3.68. The van der Waals surface area contributed by atoms with Gasteiger partial charge in [-0.15, -0.1) is 11.3 Å². The van der Waals surface area contributed by atoms with Gasteiger partial charge in [0.2, 0.25) is 0 Å². The minimum Gasteiger partial charge on any atom is -0.365 e. The molecule has 0 fully saturated rings. The van der Waals surface area contributed by atoms with Crippen LogP contribution in [0.5, 0.6) is 0 Å². The Morgan fingerprint density at radius 1 is 1.31 bits per heavy atom. The summed E-state index contributed by atoms with van der Waals surface area (Å²) in [5.74, 6) is 0. The number of thiazole rings is 1. The van der Waals surface area contributed by atoms with E-state index in [1.54, 1.807) is 11.3 Å². The van der Waals surface area contributed by atoms with Gasteiger partial charge in [-0.3, -0.25) is 0 Å². The predicted molar refractivity (Wildman–Crippen MR) is 67.9 cm³/mol. The number of hydrogen-bond donors (Lipinski definition) is 0. The summed E-state index contributed by atoms with van der Waals surface area (Å²) in [5, 5.41) is 2.14. The van der Waals surface area contributed by atoms with Crippen molar-refractivity contribution in [1.29, 1.82) is 0 Å². The van der Waals surface area contributed by atoms with Gasteiger partial charge in [0.25, 0.3) is 0 Å². The van der Waals surface area contributed by atoms with Crippen LogP contribution < -0.4 is 4.90 Å². The first-order valence-corrected chi connectivity index (χ1v) is 6.58. The van der Waals surface area contributed by atoms with Crippen LogP contribution in [0.25, 0.3) is 0 Å². The molecule has 0 bridgehead atoms. The molecule has 0 aliphatic carbocycles. The molecule has 16 heavy (non-hydrogen) atoms. The first kappa shape index (κ1) is 9.85. The number of para-hydroxylation sites is 1. The molecule has 0 radical (unpaired) electrons. The molecule has 1 aliphatic rings. The Morgan fingerprint density at radius 2 is 2.25 bits per heavy atom. The Kier molecular flexibility index (Phi) is 2.62. The van der Waals surface area contributed by atoms with Crippen LogP contribution in [0.3, 0.4) is 0 Å². The fraction of sp³-hybridized carbons (Fsp3) is 0.308. The van der Waals surface area contributed by atoms with E-state index in [-0.39, 0.29) is 0 Å². The molecule has 1 aromatic carbocycles. The van der Waals surface area contributed by atoms with E-state index in [0.29, 0.717) is 0 Å². The summed E-state index contributed by atoms with van der Waals surface area (Å²) in [6, 6.07) is 8.72. The normalized spacial score (nSPS) is 14.9. The summed E-state index contributed by atoms with van der Waals surface area (Å²) in [6.45, 7) is 2.09. The second kappa shape index (κ2) is 4.26. The van der Waals surface area contributed by atoms with Gasteiger partial charge in [0.1, 0.15) is 0 Å². The molecule has 0 amide bonds. The first-order chi connectivity index (χ1) is 7.93. The second-order valence-electron chi connectivity index (χ2n) is 4.13. The van der Waals surface area contributed by atoms with E-state index in [4.69, 9.17) is 0 Å². The molecule has 2 heterocycles. The van der Waals surface area contributed by atoms with Crippen LogP contribution in [0, 0.1) is 0 Å². The van der Waals surface area contributed by atoms with E-state index in [0.717, 1.165) is 13.1 Å². The van der Waals surface area contributed by atoms with Gasteiger partial charge >= 0.3 is 0 Å². The van der Waals surface area contributed by atoms with Crippen molar-refractivity contribution in [3.8, 4) is 0 Å². The van der Waals surface area contributed by atoms with Crippen molar-refractivity contribution in [1.82, 2.24) is 4.98 Å². The zero-order valence-corrected chi connectivity index (χ0v) is 9.91. The van der Waals surface area contributed by atoms with Gasteiger partial charge in [0.15, 0.2) is 0 Å². The van der Waals surface area contributed by atoms with Crippen LogP contribution in [0.4, 0.5) is 5.69 Å². The number of benzene rings is 1. The number of nitrogens with zero attached hydrogens (tertiary/aromatic N) is 2. The average Bonchev–Trinajstić information content (AvgIpc) is 2.82. The standard InChI is InChI=1S/C13H14N2S/c1-2-6-13-11(4-1)5-3-7-15(13)8-12-9-16-10-14-12/h1-2,4,6,9-10H,3,5,7-8H2. The molecule has 0 saturated carbocycles. The fourth-order valence-corrected chi connectivity index (χ4v) is 2.84. The Morgan fingerprint density at radius 3 is 3.12 bits per heavy atom. The molecule has 0 spiro atoms. The van der Waals surface area contributed by atoms with E-state index in [2.05, 4.69) is 39.5 Å². The van der Waals surface area contributed by atoms with Gasteiger partial charge in [0.05, 0.1) is 17.7 Å². The summed E-state index contributed by atoms with van der Waals surface area (Å²) < 4.78 is 0. The number of aryl methyl sites for hydroxylation is 1. The van der Waals surface area contributed by atoms with E-state index in [9.17, 15) is 0 Å². The largest absolute Gasteiger partial charge is 0.365 e. The van der Waals surface area contributed by atoms with Crippen molar-refractivity contribution in [3.05, 3.63) is 46.4 Å². The maximum Gasteiger partial charge on any atom is 0.0795 e. The highest BCUT2D eigenvalue weighted by molar-refractivity contribution is 7.07. The Bertz CT molecular complexity index is 465. The highest BCUT2D eigenvalue weighted by Crippen LogP contribution is 2.27. The van der Waals surface area contributed by atoms with Crippen LogP contribution in [-0.2, 0) is 13.0 Å². The zero-order valence-electron chi connectivity index (χ0n) is 9.10. The average molecular weight is 230 g/mol. The number of anilines is 1. The minimum atomic E-state index is 0.945. The van der Waals surface area contributed by atoms with E-state index in [1.807, 2.05) is 5.51 Å². The van der Waals surface area contributed by atoms with E-state index in [1.165, 1.54) is 29.8 Å². The van der Waals surface area contributed by atoms with Gasteiger partial charge in [-0.05, 0) is 24.5 Å². The topological polar surface area (TPSA) is 16.1 Å². The zero-order chi connectivity index (χ0) is 10.8. The molecular formula is C13H14N2S. The smallest absolute Gasteiger partial charge is 0.0795 e. The molecule has 1 aliphatic heterocycles. The van der Waals surface area contributed by atoms with Crippen LogP contribution in [0.2, 0.25) is 0 Å². The van der Waals surface area contributed by atoms with Crippen LogP contribution in [0.15, 0.2) is 35.2 Å². The first-order valence-electron chi connectivity index (χ1n) is 5.63. The summed E-state index contributed by atoms with van der Waals surface area (Å²) in [7, 11) is 0. The second-order valence-corrected chi connectivity index (χ2v) is 4.85. The summed E-state index contributed by atoms with van der Waals surface area (Å²) in [5.41, 5.74) is 5.96. The van der Waals surface area contributed by atoms with Crippen molar-refractivity contribution < 1.29 is 0 Å². The Labute approximate surface area is 99.6 Å². The van der Waals surface area contributed by atoms with Crippen LogP contribution >= 0.6 is 11.3 Å². The predicted octanol–water partition coefficient (Wildman–Crippen LogP) is 3.10. The summed E-state index contributed by atoms with van der Waals surface area (Å²) >= 11 is 1.67. The van der Waals surface area contributed by atoms with E-state index >= 15 is 0 Å². The van der Waals surface area contributed by atoms with Gasteiger partial charge in [-0.2, -0.15) is 0 Å². The minimum absolute atomic E-state index is 0.945. The molecule has 3 heteroatoms. The van der Waals surface area contributed by atoms with Crippen molar-refractivity contribution >= 4 is 17.0 Å². The molecule has 0 atom stereocenters. The molecule has 82 valence electrons. The summed E-state index contributed by atoms with van der Waals surface area (Å²) in [6.07, 6.45) is 2.46. The van der Waals surface area contributed by atoms with Crippen LogP contribution in [0.1, 0.15) is 17.7 Å². The van der Waals surface area contributed by atoms with Crippen LogP contribution in [-0.4, -0.2) is 11.5 Å². The summed E-state index contributed by atoms with van der Waals surface area (Å²) in [4.78, 5) is 6.80. The maximum absolute atomic E-state index is 4.36. The SMILES string of the molecule is c1ccc2c(c1)CCCN2Cc1cscn1. The molecule has 1 aromatic heterocycles. The highest BCUT2D eigenvalue weighted by Gasteiger charge is 2.16. The molecule has 2 nitrogen and oxygen atoms in total. The number of aromatic nitrogens is 1. The van der Waals surface area contributed by atoms with Gasteiger partial charge in [-0.1, -0.05) is 18.2 Å². The Balaban J connectivity index is 1.87. The van der Waals surface area contributed by atoms with E-state index < -0.39 is 0 Å². The lowest BCUT2D eigenvalue weighted by atomic mass is 10.0. The lowest BCUT2D eigenvalue weighted by Gasteiger charge is -2.30. The third kappa shape index (κ3) is 1.83. The molecule has 2 aromatic rings.